The van der Waals surface area contributed by atoms with Crippen LogP contribution in [0.15, 0.2) is 24.3 Å². The van der Waals surface area contributed by atoms with E-state index in [4.69, 9.17) is 0 Å². The predicted octanol–water partition coefficient (Wildman–Crippen LogP) is 2.06. The van der Waals surface area contributed by atoms with Gasteiger partial charge in [-0.05, 0) is 48.9 Å². The molecule has 3 heterocycles. The fourth-order valence-electron chi connectivity index (χ4n) is 5.83. The molecule has 3 amide bonds. The Kier molecular flexibility index (Phi) is 9.07. The maximum Gasteiger partial charge on any atom is 0.251 e. The van der Waals surface area contributed by atoms with E-state index in [0.29, 0.717) is 31.4 Å². The van der Waals surface area contributed by atoms with Gasteiger partial charge >= 0.3 is 0 Å². The highest BCUT2D eigenvalue weighted by molar-refractivity contribution is 6.01. The smallest absolute Gasteiger partial charge is 0.251 e. The monoisotopic (exact) mass is 525 g/mol. The number of fused-ring (bicyclic) bond motifs is 1. The average Bonchev–Trinajstić information content (AvgIpc) is 3.49. The lowest BCUT2D eigenvalue weighted by Crippen LogP contribution is -2.53. The number of Topliss-reactive ketones (excluding diaryl/α,β-unsaturated/α-hetero) is 1. The van der Waals surface area contributed by atoms with E-state index in [1.165, 1.54) is 0 Å². The third-order valence-electron chi connectivity index (χ3n) is 8.17. The van der Waals surface area contributed by atoms with Crippen LogP contribution in [-0.2, 0) is 14.4 Å². The van der Waals surface area contributed by atoms with Gasteiger partial charge in [-0.3, -0.25) is 19.2 Å². The minimum Gasteiger partial charge on any atom is -0.369 e. The molecule has 0 bridgehead atoms. The van der Waals surface area contributed by atoms with Crippen LogP contribution in [0.25, 0.3) is 0 Å². The SMILES string of the molecule is CCC(C)CC(=O)N1CC(=O)C2C1CCN2C(=O)C(CC(C)C)NC(=O)c1ccc(N2CCNCC2)cc1. The van der Waals surface area contributed by atoms with E-state index in [1.807, 2.05) is 32.9 Å². The Hall–Kier alpha value is -2.94. The van der Waals surface area contributed by atoms with Crippen molar-refractivity contribution in [2.75, 3.05) is 44.2 Å². The quantitative estimate of drug-likeness (QED) is 0.512. The molecule has 2 N–H and O–H groups in total. The summed E-state index contributed by atoms with van der Waals surface area (Å²) in [5, 5.41) is 6.29. The number of carbonyl (C=O) groups is 4. The molecule has 1 aromatic rings. The summed E-state index contributed by atoms with van der Waals surface area (Å²) in [6.07, 6.45) is 2.38. The molecule has 0 spiro atoms. The third-order valence-corrected chi connectivity index (χ3v) is 8.17. The van der Waals surface area contributed by atoms with Gasteiger partial charge in [0, 0.05) is 50.4 Å². The van der Waals surface area contributed by atoms with E-state index in [1.54, 1.807) is 21.9 Å². The van der Waals surface area contributed by atoms with E-state index >= 15 is 0 Å². The van der Waals surface area contributed by atoms with Crippen molar-refractivity contribution in [1.82, 2.24) is 20.4 Å². The van der Waals surface area contributed by atoms with Gasteiger partial charge in [-0.1, -0.05) is 34.1 Å². The second-order valence-electron chi connectivity index (χ2n) is 11.5. The molecule has 38 heavy (non-hydrogen) atoms. The Bertz CT molecular complexity index is 1020. The molecular weight excluding hydrogens is 482 g/mol. The van der Waals surface area contributed by atoms with Crippen LogP contribution in [0, 0.1) is 11.8 Å². The number of hydrogen-bond acceptors (Lipinski definition) is 6. The van der Waals surface area contributed by atoms with Gasteiger partial charge in [-0.25, -0.2) is 0 Å². The highest BCUT2D eigenvalue weighted by Crippen LogP contribution is 2.32. The van der Waals surface area contributed by atoms with Gasteiger partial charge in [0.2, 0.25) is 11.8 Å². The average molecular weight is 526 g/mol. The Balaban J connectivity index is 1.43. The van der Waals surface area contributed by atoms with Crippen molar-refractivity contribution < 1.29 is 19.2 Å². The number of anilines is 1. The van der Waals surface area contributed by atoms with Crippen LogP contribution in [0.1, 0.15) is 63.7 Å². The molecule has 4 rings (SSSR count). The van der Waals surface area contributed by atoms with Crippen molar-refractivity contribution in [2.45, 2.75) is 71.5 Å². The zero-order chi connectivity index (χ0) is 27.4. The molecule has 4 unspecified atom stereocenters. The number of benzene rings is 1. The number of hydrogen-bond donors (Lipinski definition) is 2. The summed E-state index contributed by atoms with van der Waals surface area (Å²) in [5.41, 5.74) is 1.58. The molecule has 208 valence electrons. The highest BCUT2D eigenvalue weighted by Gasteiger charge is 2.52. The summed E-state index contributed by atoms with van der Waals surface area (Å²) in [4.78, 5) is 58.4. The number of carbonyl (C=O) groups excluding carboxylic acids is 4. The van der Waals surface area contributed by atoms with Crippen molar-refractivity contribution in [3.8, 4) is 0 Å². The van der Waals surface area contributed by atoms with Crippen LogP contribution in [0.5, 0.6) is 0 Å². The van der Waals surface area contributed by atoms with Gasteiger partial charge in [0.05, 0.1) is 12.6 Å². The fraction of sp³-hybridized carbons (Fsp3) is 0.655. The number of nitrogens with zero attached hydrogens (tertiary/aromatic N) is 3. The standard InChI is InChI=1S/C29H43N5O4/c1-5-20(4)17-26(36)34-18-25(35)27-24(34)10-13-33(27)29(38)23(16-19(2)3)31-28(37)21-6-8-22(9-7-21)32-14-11-30-12-15-32/h6-9,19-20,23-24,27,30H,5,10-18H2,1-4H3,(H,31,37). The molecule has 9 nitrogen and oxygen atoms in total. The Morgan fingerprint density at radius 3 is 2.34 bits per heavy atom. The van der Waals surface area contributed by atoms with Crippen molar-refractivity contribution in [3.63, 3.8) is 0 Å². The molecule has 0 saturated carbocycles. The van der Waals surface area contributed by atoms with Gasteiger partial charge in [0.1, 0.15) is 12.1 Å². The molecule has 4 atom stereocenters. The largest absolute Gasteiger partial charge is 0.369 e. The topological polar surface area (TPSA) is 102 Å². The molecule has 3 aliphatic heterocycles. The molecule has 3 aliphatic rings. The van der Waals surface area contributed by atoms with Crippen molar-refractivity contribution in [3.05, 3.63) is 29.8 Å². The summed E-state index contributed by atoms with van der Waals surface area (Å²) in [6.45, 7) is 12.3. The van der Waals surface area contributed by atoms with Crippen LogP contribution < -0.4 is 15.5 Å². The number of amides is 3. The molecule has 3 saturated heterocycles. The number of ketones is 1. The minimum absolute atomic E-state index is 0.00852. The summed E-state index contributed by atoms with van der Waals surface area (Å²) in [6, 6.07) is 5.89. The van der Waals surface area contributed by atoms with Crippen LogP contribution in [0.2, 0.25) is 0 Å². The first kappa shape index (κ1) is 28.1. The molecule has 9 heteroatoms. The second kappa shape index (κ2) is 12.3. The van der Waals surface area contributed by atoms with Crippen molar-refractivity contribution in [1.29, 1.82) is 0 Å². The lowest BCUT2D eigenvalue weighted by Gasteiger charge is -2.30. The minimum atomic E-state index is -0.730. The van der Waals surface area contributed by atoms with Crippen LogP contribution >= 0.6 is 0 Å². The van der Waals surface area contributed by atoms with Gasteiger partial charge in [-0.2, -0.15) is 0 Å². The zero-order valence-corrected chi connectivity index (χ0v) is 23.2. The summed E-state index contributed by atoms with van der Waals surface area (Å²) in [7, 11) is 0. The van der Waals surface area contributed by atoms with Gasteiger partial charge < -0.3 is 25.3 Å². The maximum absolute atomic E-state index is 13.7. The van der Waals surface area contributed by atoms with E-state index < -0.39 is 12.1 Å². The molecular formula is C29H43N5O4. The first-order chi connectivity index (χ1) is 18.2. The molecule has 0 aliphatic carbocycles. The normalized spacial score (nSPS) is 23.0. The Morgan fingerprint density at radius 1 is 1.03 bits per heavy atom. The third kappa shape index (κ3) is 6.20. The van der Waals surface area contributed by atoms with Crippen LogP contribution in [0.4, 0.5) is 5.69 Å². The van der Waals surface area contributed by atoms with Crippen LogP contribution in [0.3, 0.4) is 0 Å². The first-order valence-corrected chi connectivity index (χ1v) is 14.2. The number of nitrogens with one attached hydrogen (secondary N) is 2. The second-order valence-corrected chi connectivity index (χ2v) is 11.5. The zero-order valence-electron chi connectivity index (χ0n) is 23.2. The van der Waals surface area contributed by atoms with Crippen molar-refractivity contribution in [2.24, 2.45) is 11.8 Å². The van der Waals surface area contributed by atoms with Gasteiger partial charge in [0.15, 0.2) is 5.78 Å². The molecule has 3 fully saturated rings. The number of rotatable bonds is 9. The van der Waals surface area contributed by atoms with Crippen molar-refractivity contribution >= 4 is 29.2 Å². The predicted molar refractivity (Wildman–Crippen MR) is 147 cm³/mol. The molecule has 0 aromatic heterocycles. The van der Waals surface area contributed by atoms with Gasteiger partial charge in [0.25, 0.3) is 5.91 Å². The molecule has 1 aromatic carbocycles. The lowest BCUT2D eigenvalue weighted by atomic mass is 10.0. The highest BCUT2D eigenvalue weighted by atomic mass is 16.2. The van der Waals surface area contributed by atoms with E-state index in [-0.39, 0.29) is 47.9 Å². The number of piperazine rings is 1. The van der Waals surface area contributed by atoms with E-state index in [9.17, 15) is 19.2 Å². The summed E-state index contributed by atoms with van der Waals surface area (Å²) in [5.74, 6) is -0.198. The van der Waals surface area contributed by atoms with E-state index in [0.717, 1.165) is 38.3 Å². The number of likely N-dealkylation sites (tertiary alicyclic amines) is 2. The lowest BCUT2D eigenvalue weighted by molar-refractivity contribution is -0.138. The Labute approximate surface area is 226 Å². The maximum atomic E-state index is 13.7. The fourth-order valence-corrected chi connectivity index (χ4v) is 5.83. The summed E-state index contributed by atoms with van der Waals surface area (Å²) < 4.78 is 0. The van der Waals surface area contributed by atoms with E-state index in [2.05, 4.69) is 22.5 Å². The first-order valence-electron chi connectivity index (χ1n) is 14.2. The van der Waals surface area contributed by atoms with Gasteiger partial charge in [-0.15, -0.1) is 0 Å². The Morgan fingerprint density at radius 2 is 1.71 bits per heavy atom. The molecule has 0 radical (unpaired) electrons. The van der Waals surface area contributed by atoms with Crippen LogP contribution in [-0.4, -0.2) is 90.7 Å². The summed E-state index contributed by atoms with van der Waals surface area (Å²) >= 11 is 0.